The molecule has 0 fully saturated rings. The molecule has 0 spiro atoms. The Morgan fingerprint density at radius 1 is 1.05 bits per heavy atom. The third-order valence-corrected chi connectivity index (χ3v) is 2.90. The fourth-order valence-electron chi connectivity index (χ4n) is 1.96. The third kappa shape index (κ3) is 2.30. The quantitative estimate of drug-likeness (QED) is 0.772. The van der Waals surface area contributed by atoms with Gasteiger partial charge in [-0.2, -0.15) is 0 Å². The number of nitrogens with two attached hydrogens (primary N) is 1. The number of nitrogen functional groups attached to an aromatic ring is 1. The number of rotatable bonds is 3. The summed E-state index contributed by atoms with van der Waals surface area (Å²) in [4.78, 5) is 12.6. The molecule has 0 aliphatic heterocycles. The van der Waals surface area contributed by atoms with Gasteiger partial charge in [0.25, 0.3) is 0 Å². The highest BCUT2D eigenvalue weighted by Gasteiger charge is 2.09. The zero-order valence-electron chi connectivity index (χ0n) is 10.3. The molecule has 0 aliphatic rings. The Balaban J connectivity index is 1.98. The van der Waals surface area contributed by atoms with Gasteiger partial charge in [-0.05, 0) is 18.2 Å². The average Bonchev–Trinajstić information content (AvgIpc) is 2.88. The van der Waals surface area contributed by atoms with E-state index in [1.54, 1.807) is 37.2 Å². The van der Waals surface area contributed by atoms with Crippen LogP contribution in [0.1, 0.15) is 5.69 Å². The fourth-order valence-corrected chi connectivity index (χ4v) is 1.96. The van der Waals surface area contributed by atoms with Crippen LogP contribution in [0.2, 0.25) is 0 Å². The van der Waals surface area contributed by atoms with E-state index in [0.29, 0.717) is 12.2 Å². The first kappa shape index (κ1) is 11.4. The number of aromatic nitrogens is 4. The van der Waals surface area contributed by atoms with E-state index in [-0.39, 0.29) is 0 Å². The van der Waals surface area contributed by atoms with Crippen molar-refractivity contribution in [2.24, 2.45) is 0 Å². The van der Waals surface area contributed by atoms with Gasteiger partial charge in [0.05, 0.1) is 30.5 Å². The molecule has 5 nitrogen and oxygen atoms in total. The zero-order chi connectivity index (χ0) is 13.1. The first-order valence-electron chi connectivity index (χ1n) is 5.94. The Morgan fingerprint density at radius 3 is 2.79 bits per heavy atom. The Bertz CT molecular complexity index is 675. The number of hydrogen-bond donors (Lipinski definition) is 1. The van der Waals surface area contributed by atoms with Gasteiger partial charge in [-0.15, -0.1) is 0 Å². The normalized spacial score (nSPS) is 10.5. The molecule has 0 radical (unpaired) electrons. The van der Waals surface area contributed by atoms with Crippen molar-refractivity contribution in [2.75, 3.05) is 5.73 Å². The standard InChI is InChI=1S/C14H13N5/c15-13-4-6-16-7-12(13)14-8-17-10-19(14)9-11-3-1-2-5-18-11/h1-8,10H,9H2,(H2,15,16). The lowest BCUT2D eigenvalue weighted by Crippen LogP contribution is -2.03. The summed E-state index contributed by atoms with van der Waals surface area (Å²) < 4.78 is 2.01. The van der Waals surface area contributed by atoms with Crippen molar-refractivity contribution in [2.45, 2.75) is 6.54 Å². The Labute approximate surface area is 110 Å². The van der Waals surface area contributed by atoms with Crippen molar-refractivity contribution in [1.29, 1.82) is 0 Å². The van der Waals surface area contributed by atoms with Crippen LogP contribution in [0, 0.1) is 0 Å². The zero-order valence-corrected chi connectivity index (χ0v) is 10.3. The second kappa shape index (κ2) is 4.89. The summed E-state index contributed by atoms with van der Waals surface area (Å²) in [5, 5.41) is 0. The number of nitrogens with zero attached hydrogens (tertiary/aromatic N) is 4. The van der Waals surface area contributed by atoms with Crippen LogP contribution in [-0.2, 0) is 6.54 Å². The Hall–Kier alpha value is -2.69. The van der Waals surface area contributed by atoms with Crippen molar-refractivity contribution in [3.05, 3.63) is 61.1 Å². The molecular weight excluding hydrogens is 238 g/mol. The molecule has 0 saturated carbocycles. The molecule has 0 amide bonds. The van der Waals surface area contributed by atoms with E-state index >= 15 is 0 Å². The summed E-state index contributed by atoms with van der Waals surface area (Å²) in [6, 6.07) is 7.64. The molecular formula is C14H13N5. The van der Waals surface area contributed by atoms with E-state index < -0.39 is 0 Å². The third-order valence-electron chi connectivity index (χ3n) is 2.90. The number of pyridine rings is 2. The monoisotopic (exact) mass is 251 g/mol. The molecule has 5 heteroatoms. The van der Waals surface area contributed by atoms with Crippen molar-refractivity contribution in [1.82, 2.24) is 19.5 Å². The van der Waals surface area contributed by atoms with Crippen molar-refractivity contribution in [3.63, 3.8) is 0 Å². The molecule has 0 bridgehead atoms. The van der Waals surface area contributed by atoms with Crippen LogP contribution >= 0.6 is 0 Å². The Morgan fingerprint density at radius 2 is 2.00 bits per heavy atom. The van der Waals surface area contributed by atoms with E-state index in [9.17, 15) is 0 Å². The number of anilines is 1. The molecule has 3 aromatic heterocycles. The predicted molar refractivity (Wildman–Crippen MR) is 73.2 cm³/mol. The maximum absolute atomic E-state index is 5.98. The smallest absolute Gasteiger partial charge is 0.0954 e. The van der Waals surface area contributed by atoms with Crippen molar-refractivity contribution >= 4 is 5.69 Å². The van der Waals surface area contributed by atoms with Gasteiger partial charge in [0, 0.05) is 29.8 Å². The number of hydrogen-bond acceptors (Lipinski definition) is 4. The van der Waals surface area contributed by atoms with Gasteiger partial charge in [0.15, 0.2) is 0 Å². The minimum absolute atomic E-state index is 0.657. The van der Waals surface area contributed by atoms with Gasteiger partial charge in [-0.25, -0.2) is 4.98 Å². The molecule has 0 aromatic carbocycles. The van der Waals surface area contributed by atoms with Crippen LogP contribution in [-0.4, -0.2) is 19.5 Å². The summed E-state index contributed by atoms with van der Waals surface area (Å²) in [6.45, 7) is 0.657. The van der Waals surface area contributed by atoms with Crippen LogP contribution < -0.4 is 5.73 Å². The van der Waals surface area contributed by atoms with Gasteiger partial charge >= 0.3 is 0 Å². The maximum Gasteiger partial charge on any atom is 0.0954 e. The molecule has 3 heterocycles. The predicted octanol–water partition coefficient (Wildman–Crippen LogP) is 1.97. The molecule has 94 valence electrons. The summed E-state index contributed by atoms with van der Waals surface area (Å²) in [5.74, 6) is 0. The van der Waals surface area contributed by atoms with Crippen LogP contribution in [0.4, 0.5) is 5.69 Å². The summed E-state index contributed by atoms with van der Waals surface area (Å²) in [6.07, 6.45) is 8.77. The van der Waals surface area contributed by atoms with Crippen molar-refractivity contribution in [3.8, 4) is 11.3 Å². The van der Waals surface area contributed by atoms with Crippen LogP contribution in [0.25, 0.3) is 11.3 Å². The lowest BCUT2D eigenvalue weighted by molar-refractivity contribution is 0.780. The first-order valence-corrected chi connectivity index (χ1v) is 5.94. The van der Waals surface area contributed by atoms with Gasteiger partial charge < -0.3 is 10.3 Å². The summed E-state index contributed by atoms with van der Waals surface area (Å²) in [7, 11) is 0. The second-order valence-electron chi connectivity index (χ2n) is 4.19. The lowest BCUT2D eigenvalue weighted by Gasteiger charge is -2.09. The fraction of sp³-hybridized carbons (Fsp3) is 0.0714. The largest absolute Gasteiger partial charge is 0.398 e. The van der Waals surface area contributed by atoms with Crippen molar-refractivity contribution < 1.29 is 0 Å². The van der Waals surface area contributed by atoms with E-state index in [4.69, 9.17) is 5.73 Å². The van der Waals surface area contributed by atoms with E-state index in [1.165, 1.54) is 0 Å². The van der Waals surface area contributed by atoms with Crippen LogP contribution in [0.5, 0.6) is 0 Å². The minimum Gasteiger partial charge on any atom is -0.398 e. The molecule has 0 saturated heterocycles. The highest BCUT2D eigenvalue weighted by molar-refractivity contribution is 5.72. The molecule has 0 unspecified atom stereocenters. The Kier molecular flexibility index (Phi) is 2.94. The number of imidazole rings is 1. The highest BCUT2D eigenvalue weighted by atomic mass is 15.1. The van der Waals surface area contributed by atoms with E-state index in [2.05, 4.69) is 15.0 Å². The molecule has 3 rings (SSSR count). The van der Waals surface area contributed by atoms with Crippen LogP contribution in [0.15, 0.2) is 55.4 Å². The summed E-state index contributed by atoms with van der Waals surface area (Å²) in [5.41, 5.74) is 9.47. The lowest BCUT2D eigenvalue weighted by atomic mass is 10.2. The first-order chi connectivity index (χ1) is 9.34. The molecule has 19 heavy (non-hydrogen) atoms. The van der Waals surface area contributed by atoms with E-state index in [1.807, 2.05) is 22.8 Å². The molecule has 0 aliphatic carbocycles. The highest BCUT2D eigenvalue weighted by Crippen LogP contribution is 2.24. The van der Waals surface area contributed by atoms with Gasteiger partial charge in [-0.1, -0.05) is 6.07 Å². The van der Waals surface area contributed by atoms with Gasteiger partial charge in [0.2, 0.25) is 0 Å². The second-order valence-corrected chi connectivity index (χ2v) is 4.19. The maximum atomic E-state index is 5.98. The van der Waals surface area contributed by atoms with Gasteiger partial charge in [-0.3, -0.25) is 9.97 Å². The SMILES string of the molecule is Nc1ccncc1-c1cncn1Cc1ccccn1. The summed E-state index contributed by atoms with van der Waals surface area (Å²) >= 11 is 0. The molecule has 0 atom stereocenters. The average molecular weight is 251 g/mol. The topological polar surface area (TPSA) is 69.6 Å². The minimum atomic E-state index is 0.657. The van der Waals surface area contributed by atoms with Gasteiger partial charge in [0.1, 0.15) is 0 Å². The molecule has 3 aromatic rings. The van der Waals surface area contributed by atoms with E-state index in [0.717, 1.165) is 17.0 Å². The van der Waals surface area contributed by atoms with Crippen LogP contribution in [0.3, 0.4) is 0 Å². The molecule has 2 N–H and O–H groups in total.